The van der Waals surface area contributed by atoms with E-state index in [1.807, 2.05) is 0 Å². The van der Waals surface area contributed by atoms with Crippen molar-refractivity contribution in [2.75, 3.05) is 18.5 Å². The molecule has 0 spiro atoms. The number of benzene rings is 1. The number of thiazole rings is 1. The molecule has 3 nitrogen and oxygen atoms in total. The summed E-state index contributed by atoms with van der Waals surface area (Å²) in [5.74, 6) is 1.34. The highest BCUT2D eigenvalue weighted by Crippen LogP contribution is 2.27. The molecule has 0 saturated carbocycles. The van der Waals surface area contributed by atoms with Crippen LogP contribution in [0.25, 0.3) is 0 Å². The molecule has 2 aromatic rings. The van der Waals surface area contributed by atoms with Gasteiger partial charge in [-0.1, -0.05) is 6.07 Å². The first-order valence-corrected chi connectivity index (χ1v) is 7.24. The molecule has 1 aromatic heterocycles. The predicted octanol–water partition coefficient (Wildman–Crippen LogP) is 3.26. The molecule has 1 N–H and O–H groups in total. The minimum absolute atomic E-state index is 0.272. The van der Waals surface area contributed by atoms with Crippen LogP contribution in [-0.4, -0.2) is 18.1 Å². The minimum Gasteiger partial charge on any atom is -0.493 e. The SMILES string of the molecule is Fc1cccc(OCCc2nc3c(s2)CCCN3)c1. The van der Waals surface area contributed by atoms with Gasteiger partial charge >= 0.3 is 0 Å². The largest absolute Gasteiger partial charge is 0.493 e. The van der Waals surface area contributed by atoms with Gasteiger partial charge in [-0.2, -0.15) is 0 Å². The third kappa shape index (κ3) is 3.04. The highest BCUT2D eigenvalue weighted by atomic mass is 32.1. The molecule has 0 radical (unpaired) electrons. The number of ether oxygens (including phenoxy) is 1. The Bertz CT molecular complexity index is 547. The first-order valence-electron chi connectivity index (χ1n) is 6.42. The maximum Gasteiger partial charge on any atom is 0.140 e. The third-order valence-electron chi connectivity index (χ3n) is 3.00. The summed E-state index contributed by atoms with van der Waals surface area (Å²) in [7, 11) is 0. The molecule has 1 aliphatic rings. The zero-order valence-electron chi connectivity index (χ0n) is 10.5. The van der Waals surface area contributed by atoms with Gasteiger partial charge in [-0.05, 0) is 25.0 Å². The lowest BCUT2D eigenvalue weighted by atomic mass is 10.2. The minimum atomic E-state index is -0.272. The lowest BCUT2D eigenvalue weighted by Crippen LogP contribution is -2.10. The van der Waals surface area contributed by atoms with Crippen LogP contribution in [0.4, 0.5) is 10.2 Å². The van der Waals surface area contributed by atoms with E-state index < -0.39 is 0 Å². The van der Waals surface area contributed by atoms with Gasteiger partial charge in [0.05, 0.1) is 11.6 Å². The molecule has 0 amide bonds. The molecule has 0 aliphatic carbocycles. The molecule has 0 saturated heterocycles. The zero-order chi connectivity index (χ0) is 13.1. The maximum absolute atomic E-state index is 13.0. The van der Waals surface area contributed by atoms with Gasteiger partial charge in [0.25, 0.3) is 0 Å². The Labute approximate surface area is 115 Å². The second kappa shape index (κ2) is 5.57. The van der Waals surface area contributed by atoms with Gasteiger partial charge in [-0.25, -0.2) is 9.37 Å². The predicted molar refractivity (Wildman–Crippen MR) is 74.5 cm³/mol. The summed E-state index contributed by atoms with van der Waals surface area (Å²) >= 11 is 1.75. The fourth-order valence-electron chi connectivity index (χ4n) is 2.08. The van der Waals surface area contributed by atoms with E-state index in [-0.39, 0.29) is 5.82 Å². The van der Waals surface area contributed by atoms with E-state index in [0.717, 1.165) is 30.2 Å². The van der Waals surface area contributed by atoms with Crippen LogP contribution in [0.15, 0.2) is 24.3 Å². The molecule has 3 rings (SSSR count). The highest BCUT2D eigenvalue weighted by molar-refractivity contribution is 7.12. The van der Waals surface area contributed by atoms with Crippen molar-refractivity contribution in [3.63, 3.8) is 0 Å². The van der Waals surface area contributed by atoms with E-state index in [9.17, 15) is 4.39 Å². The Hall–Kier alpha value is -1.62. The van der Waals surface area contributed by atoms with Crippen LogP contribution in [-0.2, 0) is 12.8 Å². The van der Waals surface area contributed by atoms with Crippen LogP contribution in [0.3, 0.4) is 0 Å². The molecule has 2 heterocycles. The number of aryl methyl sites for hydroxylation is 1. The average Bonchev–Trinajstić information content (AvgIpc) is 2.81. The van der Waals surface area contributed by atoms with Crippen LogP contribution in [0, 0.1) is 5.82 Å². The van der Waals surface area contributed by atoms with Gasteiger partial charge in [0.15, 0.2) is 0 Å². The third-order valence-corrected chi connectivity index (χ3v) is 4.17. The molecule has 0 unspecified atom stereocenters. The van der Waals surface area contributed by atoms with Crippen molar-refractivity contribution >= 4 is 17.2 Å². The van der Waals surface area contributed by atoms with Crippen molar-refractivity contribution in [3.05, 3.63) is 40.0 Å². The van der Waals surface area contributed by atoms with E-state index in [4.69, 9.17) is 4.74 Å². The Kier molecular flexibility index (Phi) is 3.64. The number of aromatic nitrogens is 1. The summed E-state index contributed by atoms with van der Waals surface area (Å²) < 4.78 is 18.5. The molecule has 0 fully saturated rings. The summed E-state index contributed by atoms with van der Waals surface area (Å²) in [4.78, 5) is 5.89. The zero-order valence-corrected chi connectivity index (χ0v) is 11.3. The fourth-order valence-corrected chi connectivity index (χ4v) is 3.15. The van der Waals surface area contributed by atoms with Crippen molar-refractivity contribution in [2.24, 2.45) is 0 Å². The van der Waals surface area contributed by atoms with Crippen LogP contribution in [0.5, 0.6) is 5.75 Å². The van der Waals surface area contributed by atoms with Crippen molar-refractivity contribution in [3.8, 4) is 5.75 Å². The second-order valence-electron chi connectivity index (χ2n) is 4.47. The number of halogens is 1. The van der Waals surface area contributed by atoms with Gasteiger partial charge in [-0.3, -0.25) is 0 Å². The maximum atomic E-state index is 13.0. The number of hydrogen-bond donors (Lipinski definition) is 1. The Balaban J connectivity index is 1.56. The molecule has 1 aliphatic heterocycles. The summed E-state index contributed by atoms with van der Waals surface area (Å²) in [6.45, 7) is 1.53. The topological polar surface area (TPSA) is 34.1 Å². The van der Waals surface area contributed by atoms with E-state index in [2.05, 4.69) is 10.3 Å². The first kappa shape index (κ1) is 12.4. The number of rotatable bonds is 4. The van der Waals surface area contributed by atoms with E-state index in [1.54, 1.807) is 23.5 Å². The van der Waals surface area contributed by atoms with E-state index >= 15 is 0 Å². The second-order valence-corrected chi connectivity index (χ2v) is 5.63. The molecular weight excluding hydrogens is 263 g/mol. The average molecular weight is 278 g/mol. The molecule has 0 atom stereocenters. The monoisotopic (exact) mass is 278 g/mol. The number of hydrogen-bond acceptors (Lipinski definition) is 4. The van der Waals surface area contributed by atoms with Crippen molar-refractivity contribution in [1.29, 1.82) is 0 Å². The van der Waals surface area contributed by atoms with Crippen molar-refractivity contribution < 1.29 is 9.13 Å². The Morgan fingerprint density at radius 3 is 3.21 bits per heavy atom. The Morgan fingerprint density at radius 1 is 1.42 bits per heavy atom. The van der Waals surface area contributed by atoms with Crippen molar-refractivity contribution in [1.82, 2.24) is 4.98 Å². The summed E-state index contributed by atoms with van der Waals surface area (Å²) in [6.07, 6.45) is 3.05. The number of nitrogens with one attached hydrogen (secondary N) is 1. The quantitative estimate of drug-likeness (QED) is 0.932. The summed E-state index contributed by atoms with van der Waals surface area (Å²) in [5.41, 5.74) is 0. The number of fused-ring (bicyclic) bond motifs is 1. The smallest absolute Gasteiger partial charge is 0.140 e. The van der Waals surface area contributed by atoms with Gasteiger partial charge in [-0.15, -0.1) is 11.3 Å². The highest BCUT2D eigenvalue weighted by Gasteiger charge is 2.14. The van der Waals surface area contributed by atoms with Gasteiger partial charge in [0.1, 0.15) is 17.4 Å². The molecule has 19 heavy (non-hydrogen) atoms. The van der Waals surface area contributed by atoms with Crippen LogP contribution in [0.1, 0.15) is 16.3 Å². The normalized spacial score (nSPS) is 13.7. The lowest BCUT2D eigenvalue weighted by Gasteiger charge is -2.10. The number of anilines is 1. The van der Waals surface area contributed by atoms with Crippen molar-refractivity contribution in [2.45, 2.75) is 19.3 Å². The molecule has 0 bridgehead atoms. The molecule has 100 valence electrons. The first-order chi connectivity index (χ1) is 9.31. The lowest BCUT2D eigenvalue weighted by molar-refractivity contribution is 0.320. The van der Waals surface area contributed by atoms with Crippen LogP contribution >= 0.6 is 11.3 Å². The Morgan fingerprint density at radius 2 is 2.37 bits per heavy atom. The standard InChI is InChI=1S/C14H15FN2OS/c15-10-3-1-4-11(9-10)18-8-6-13-17-14-12(19-13)5-2-7-16-14/h1,3-4,9,16H,2,5-8H2. The molecular formula is C14H15FN2OS. The summed E-state index contributed by atoms with van der Waals surface area (Å²) in [5, 5.41) is 4.39. The molecule has 5 heteroatoms. The van der Waals surface area contributed by atoms with Gasteiger partial charge in [0, 0.05) is 23.9 Å². The van der Waals surface area contributed by atoms with Gasteiger partial charge < -0.3 is 10.1 Å². The van der Waals surface area contributed by atoms with Gasteiger partial charge in [0.2, 0.25) is 0 Å². The van der Waals surface area contributed by atoms with Crippen LogP contribution in [0.2, 0.25) is 0 Å². The van der Waals surface area contributed by atoms with E-state index in [1.165, 1.54) is 23.4 Å². The van der Waals surface area contributed by atoms with Crippen LogP contribution < -0.4 is 10.1 Å². The summed E-state index contributed by atoms with van der Waals surface area (Å²) in [6, 6.07) is 6.22. The fraction of sp³-hybridized carbons (Fsp3) is 0.357. The molecule has 1 aromatic carbocycles. The number of nitrogens with zero attached hydrogens (tertiary/aromatic N) is 1. The van der Waals surface area contributed by atoms with E-state index in [0.29, 0.717) is 12.4 Å².